The van der Waals surface area contributed by atoms with Gasteiger partial charge in [-0.15, -0.1) is 0 Å². The van der Waals surface area contributed by atoms with E-state index in [0.29, 0.717) is 54.5 Å². The SMILES string of the molecule is CCN1CCN(C(=O)N(Cc2ccc(C(=O)CN)cn2)c2ccc(F)cc2)CC1.CCN1CCN(C(=O)N(Cc2ccc(C(=O)CNC(=O)C(F)(F)F)cn2)c2ccc(F)cc2)CC1. The van der Waals surface area contributed by atoms with Crippen LogP contribution in [0.4, 0.5) is 42.9 Å². The van der Waals surface area contributed by atoms with Gasteiger partial charge >= 0.3 is 24.1 Å². The van der Waals surface area contributed by atoms with Crippen LogP contribution in [0.5, 0.6) is 0 Å². The van der Waals surface area contributed by atoms with Crippen LogP contribution >= 0.6 is 0 Å². The molecule has 0 aliphatic carbocycles. The van der Waals surface area contributed by atoms with Crippen molar-refractivity contribution < 1.29 is 45.9 Å². The number of likely N-dealkylation sites (N-methyl/N-ethyl adjacent to an activating group) is 2. The summed E-state index contributed by atoms with van der Waals surface area (Å²) in [6.45, 7) is 10.8. The molecule has 20 heteroatoms. The fourth-order valence-electron chi connectivity index (χ4n) is 6.80. The lowest BCUT2D eigenvalue weighted by Crippen LogP contribution is -2.52. The van der Waals surface area contributed by atoms with E-state index in [1.54, 1.807) is 34.1 Å². The van der Waals surface area contributed by atoms with Crippen molar-refractivity contribution in [2.45, 2.75) is 33.1 Å². The van der Waals surface area contributed by atoms with Crippen molar-refractivity contribution in [2.24, 2.45) is 5.73 Å². The molecule has 0 bridgehead atoms. The zero-order chi connectivity index (χ0) is 46.4. The van der Waals surface area contributed by atoms with E-state index in [0.717, 1.165) is 39.3 Å². The Labute approximate surface area is 367 Å². The van der Waals surface area contributed by atoms with Crippen LogP contribution in [-0.4, -0.2) is 144 Å². The second-order valence-corrected chi connectivity index (χ2v) is 14.8. The lowest BCUT2D eigenvalue weighted by atomic mass is 10.1. The molecule has 4 heterocycles. The Morgan fingerprint density at radius 3 is 1.33 bits per heavy atom. The maximum atomic E-state index is 13.5. The van der Waals surface area contributed by atoms with Crippen LogP contribution in [0.2, 0.25) is 0 Å². The maximum Gasteiger partial charge on any atom is 0.471 e. The lowest BCUT2D eigenvalue weighted by Gasteiger charge is -2.37. The third-order valence-electron chi connectivity index (χ3n) is 10.7. The van der Waals surface area contributed by atoms with E-state index in [9.17, 15) is 45.9 Å². The Morgan fingerprint density at radius 1 is 0.609 bits per heavy atom. The molecule has 342 valence electrons. The van der Waals surface area contributed by atoms with E-state index >= 15 is 0 Å². The van der Waals surface area contributed by atoms with Gasteiger partial charge in [0.2, 0.25) is 0 Å². The van der Waals surface area contributed by atoms with Gasteiger partial charge in [-0.1, -0.05) is 13.8 Å². The van der Waals surface area contributed by atoms with Gasteiger partial charge < -0.3 is 30.7 Å². The standard InChI is InChI=1S/C23H25F4N5O3.C21H26FN5O2/c1-2-30-9-11-31(12-10-30)22(35)32(19-7-4-17(24)5-8-19)15-18-6-3-16(13-28-18)20(33)14-29-21(34)23(25,26)27;1-2-25-9-11-26(12-10-25)21(29)27(19-7-4-17(22)5-8-19)15-18-6-3-16(14-24-18)20(28)13-23/h3-8,13H,2,9-12,14-15H2,1H3,(H,29,34);3-8,14H,2,9-13,15,23H2,1H3. The molecule has 15 nitrogen and oxygen atoms in total. The van der Waals surface area contributed by atoms with E-state index < -0.39 is 30.2 Å². The minimum absolute atomic E-state index is 0.00608. The van der Waals surface area contributed by atoms with Crippen molar-refractivity contribution in [3.63, 3.8) is 0 Å². The first-order chi connectivity index (χ1) is 30.6. The largest absolute Gasteiger partial charge is 0.471 e. The number of nitrogens with zero attached hydrogens (tertiary/aromatic N) is 8. The molecule has 2 aromatic carbocycles. The van der Waals surface area contributed by atoms with Gasteiger partial charge in [-0.2, -0.15) is 13.2 Å². The number of carbonyl (C=O) groups is 5. The molecule has 0 saturated carbocycles. The molecule has 2 aliphatic rings. The zero-order valence-corrected chi connectivity index (χ0v) is 35.6. The Morgan fingerprint density at radius 2 is 1.00 bits per heavy atom. The summed E-state index contributed by atoms with van der Waals surface area (Å²) in [5.74, 6) is -3.95. The number of amides is 5. The zero-order valence-electron chi connectivity index (χ0n) is 35.6. The van der Waals surface area contributed by atoms with E-state index in [4.69, 9.17) is 5.73 Å². The van der Waals surface area contributed by atoms with Crippen molar-refractivity contribution in [3.8, 4) is 0 Å². The number of hydrogen-bond donors (Lipinski definition) is 2. The molecule has 2 aliphatic heterocycles. The number of Topliss-reactive ketones (excluding diaryl/α,β-unsaturated/α-hetero) is 2. The highest BCUT2D eigenvalue weighted by Crippen LogP contribution is 2.23. The summed E-state index contributed by atoms with van der Waals surface area (Å²) in [5, 5.41) is 1.52. The normalized spacial score (nSPS) is 14.6. The van der Waals surface area contributed by atoms with Crippen LogP contribution in [0.1, 0.15) is 46.0 Å². The molecular weight excluding hydrogens is 844 g/mol. The van der Waals surface area contributed by atoms with Crippen molar-refractivity contribution in [1.82, 2.24) is 34.9 Å². The van der Waals surface area contributed by atoms with E-state index in [2.05, 4.69) is 26.7 Å². The molecule has 4 aromatic rings. The molecule has 0 spiro atoms. The second kappa shape index (κ2) is 22.8. The molecule has 3 N–H and O–H groups in total. The molecule has 64 heavy (non-hydrogen) atoms. The summed E-state index contributed by atoms with van der Waals surface area (Å²) in [5.41, 5.74) is 7.92. The number of nitrogens with two attached hydrogens (primary N) is 1. The number of urea groups is 2. The summed E-state index contributed by atoms with van der Waals surface area (Å²) in [4.78, 5) is 80.8. The number of pyridine rings is 2. The van der Waals surface area contributed by atoms with Gasteiger partial charge in [-0.3, -0.25) is 34.2 Å². The minimum atomic E-state index is -5.08. The predicted molar refractivity (Wildman–Crippen MR) is 229 cm³/mol. The number of nitrogens with one attached hydrogen (secondary N) is 1. The summed E-state index contributed by atoms with van der Waals surface area (Å²) < 4.78 is 63.7. The van der Waals surface area contributed by atoms with Crippen molar-refractivity contribution in [1.29, 1.82) is 0 Å². The highest BCUT2D eigenvalue weighted by atomic mass is 19.4. The number of alkyl halides is 3. The smallest absolute Gasteiger partial charge is 0.341 e. The van der Waals surface area contributed by atoms with Crippen LogP contribution in [0.3, 0.4) is 0 Å². The molecule has 5 amide bonds. The topological polar surface area (TPSA) is 169 Å². The van der Waals surface area contributed by atoms with Crippen LogP contribution in [0.25, 0.3) is 0 Å². The minimum Gasteiger partial charge on any atom is -0.341 e. The number of anilines is 2. The van der Waals surface area contributed by atoms with Crippen LogP contribution in [0.15, 0.2) is 85.2 Å². The Balaban J connectivity index is 0.000000245. The molecule has 2 fully saturated rings. The molecule has 0 unspecified atom stereocenters. The lowest BCUT2D eigenvalue weighted by molar-refractivity contribution is -0.173. The van der Waals surface area contributed by atoms with Crippen molar-refractivity contribution >= 4 is 40.9 Å². The van der Waals surface area contributed by atoms with Gasteiger partial charge in [0.15, 0.2) is 11.6 Å². The van der Waals surface area contributed by atoms with Gasteiger partial charge in [0.05, 0.1) is 37.6 Å². The monoisotopic (exact) mass is 894 g/mol. The molecule has 2 aromatic heterocycles. The van der Waals surface area contributed by atoms with Crippen LogP contribution in [0, 0.1) is 11.6 Å². The summed E-state index contributed by atoms with van der Waals surface area (Å²) in [6.07, 6.45) is -2.44. The van der Waals surface area contributed by atoms with Crippen LogP contribution < -0.4 is 20.9 Å². The number of rotatable bonds is 13. The average Bonchev–Trinajstić information content (AvgIpc) is 3.32. The quantitative estimate of drug-likeness (QED) is 0.138. The number of carbonyl (C=O) groups excluding carboxylic acids is 5. The van der Waals surface area contributed by atoms with Crippen molar-refractivity contribution in [3.05, 3.63) is 119 Å². The number of aromatic nitrogens is 2. The first-order valence-electron chi connectivity index (χ1n) is 20.7. The molecule has 0 radical (unpaired) electrons. The van der Waals surface area contributed by atoms with E-state index in [1.165, 1.54) is 71.1 Å². The number of ketones is 2. The Kier molecular flexibility index (Phi) is 17.3. The number of benzene rings is 2. The van der Waals surface area contributed by atoms with E-state index in [-0.39, 0.29) is 48.9 Å². The van der Waals surface area contributed by atoms with Gasteiger partial charge in [0.25, 0.3) is 0 Å². The highest BCUT2D eigenvalue weighted by molar-refractivity contribution is 6.00. The Hall–Kier alpha value is -6.38. The fraction of sp³-hybridized carbons (Fsp3) is 0.386. The third kappa shape index (κ3) is 13.6. The van der Waals surface area contributed by atoms with Gasteiger partial charge in [-0.05, 0) is 85.9 Å². The number of piperazine rings is 2. The van der Waals surface area contributed by atoms with Crippen molar-refractivity contribution in [2.75, 3.05) is 88.3 Å². The number of hydrogen-bond acceptors (Lipinski definition) is 10. The predicted octanol–water partition coefficient (Wildman–Crippen LogP) is 4.97. The first-order valence-corrected chi connectivity index (χ1v) is 20.7. The molecular formula is C44H51F5N10O5. The molecule has 6 rings (SSSR count). The summed E-state index contributed by atoms with van der Waals surface area (Å²) >= 11 is 0. The Bertz CT molecular complexity index is 2180. The van der Waals surface area contributed by atoms with E-state index in [1.807, 2.05) is 11.8 Å². The number of halogens is 5. The van der Waals surface area contributed by atoms with Gasteiger partial charge in [0, 0.05) is 87.3 Å². The summed E-state index contributed by atoms with van der Waals surface area (Å²) in [7, 11) is 0. The van der Waals surface area contributed by atoms with Crippen LogP contribution in [-0.2, 0) is 17.9 Å². The highest BCUT2D eigenvalue weighted by Gasteiger charge is 2.38. The average molecular weight is 895 g/mol. The second-order valence-electron chi connectivity index (χ2n) is 14.8. The fourth-order valence-corrected chi connectivity index (χ4v) is 6.80. The third-order valence-corrected chi connectivity index (χ3v) is 10.7. The molecule has 2 saturated heterocycles. The van der Waals surface area contributed by atoms with Gasteiger partial charge in [-0.25, -0.2) is 18.4 Å². The van der Waals surface area contributed by atoms with Gasteiger partial charge in [0.1, 0.15) is 11.6 Å². The maximum absolute atomic E-state index is 13.5. The summed E-state index contributed by atoms with van der Waals surface area (Å²) in [6, 6.07) is 17.1. The first kappa shape index (κ1) is 48.6. The molecule has 0 atom stereocenters.